The molecular formula is C19H18BrFN2O3. The number of hydrogen-bond acceptors (Lipinski definition) is 4. The smallest absolute Gasteiger partial charge is 0.341 e. The molecule has 1 atom stereocenters. The average Bonchev–Trinajstić information content (AvgIpc) is 2.81. The molecule has 26 heavy (non-hydrogen) atoms. The fourth-order valence-electron chi connectivity index (χ4n) is 2.72. The second kappa shape index (κ2) is 6.39. The van der Waals surface area contributed by atoms with Gasteiger partial charge in [-0.2, -0.15) is 0 Å². The Morgan fingerprint density at radius 2 is 1.81 bits per heavy atom. The molecule has 0 aromatic heterocycles. The van der Waals surface area contributed by atoms with Crippen LogP contribution in [0.5, 0.6) is 0 Å². The second-order valence-corrected chi connectivity index (χ2v) is 8.01. The quantitative estimate of drug-likeness (QED) is 0.737. The molecule has 3 rings (SSSR count). The fraction of sp³-hybridized carbons (Fsp3) is 0.263. The summed E-state index contributed by atoms with van der Waals surface area (Å²) in [7, 11) is 0. The predicted molar refractivity (Wildman–Crippen MR) is 99.2 cm³/mol. The van der Waals surface area contributed by atoms with Gasteiger partial charge in [-0.25, -0.2) is 9.18 Å². The Hall–Kier alpha value is -2.41. The minimum Gasteiger partial charge on any atom is -0.421 e. The highest BCUT2D eigenvalue weighted by Crippen LogP contribution is 2.38. The lowest BCUT2D eigenvalue weighted by Crippen LogP contribution is -2.55. The normalized spacial score (nSPS) is 18.9. The first-order chi connectivity index (χ1) is 12.1. The number of nitrogens with one attached hydrogen (secondary N) is 2. The van der Waals surface area contributed by atoms with Gasteiger partial charge in [-0.1, -0.05) is 15.9 Å². The molecule has 1 aliphatic rings. The standard InChI is InChI=1S/C19H18BrFN2O3/c1-18(2,3)23-17(25)19(22-13-7-4-11(20)5-8-13)15-9-6-12(21)10-14(15)16(24)26-19/h4-10,22H,1-3H3,(H,23,25). The largest absolute Gasteiger partial charge is 0.421 e. The van der Waals surface area contributed by atoms with Crippen LogP contribution in [0.3, 0.4) is 0 Å². The number of carbonyl (C=O) groups excluding carboxylic acids is 2. The summed E-state index contributed by atoms with van der Waals surface area (Å²) < 4.78 is 19.9. The Labute approximate surface area is 159 Å². The van der Waals surface area contributed by atoms with E-state index in [1.807, 2.05) is 20.8 Å². The molecule has 0 spiro atoms. The maximum atomic E-state index is 13.6. The van der Waals surface area contributed by atoms with Crippen LogP contribution in [0.1, 0.15) is 36.7 Å². The van der Waals surface area contributed by atoms with Gasteiger partial charge in [0, 0.05) is 21.3 Å². The second-order valence-electron chi connectivity index (χ2n) is 7.10. The van der Waals surface area contributed by atoms with Crippen molar-refractivity contribution in [3.8, 4) is 0 Å². The van der Waals surface area contributed by atoms with Crippen LogP contribution in [-0.2, 0) is 15.3 Å². The maximum absolute atomic E-state index is 13.6. The number of esters is 1. The third-order valence-corrected chi connectivity index (χ3v) is 4.33. The van der Waals surface area contributed by atoms with E-state index >= 15 is 0 Å². The van der Waals surface area contributed by atoms with Crippen molar-refractivity contribution in [2.24, 2.45) is 0 Å². The van der Waals surface area contributed by atoms with E-state index in [0.29, 0.717) is 5.69 Å². The summed E-state index contributed by atoms with van der Waals surface area (Å²) in [5.74, 6) is -1.86. The molecule has 0 saturated carbocycles. The zero-order chi connectivity index (χ0) is 19.1. The van der Waals surface area contributed by atoms with Gasteiger partial charge in [-0.05, 0) is 63.2 Å². The van der Waals surface area contributed by atoms with Gasteiger partial charge in [0.1, 0.15) is 5.82 Å². The van der Waals surface area contributed by atoms with Gasteiger partial charge in [0.25, 0.3) is 11.6 Å². The van der Waals surface area contributed by atoms with Crippen molar-refractivity contribution < 1.29 is 18.7 Å². The number of fused-ring (bicyclic) bond motifs is 1. The van der Waals surface area contributed by atoms with E-state index in [1.165, 1.54) is 12.1 Å². The predicted octanol–water partition coefficient (Wildman–Crippen LogP) is 3.94. The van der Waals surface area contributed by atoms with Crippen LogP contribution in [-0.4, -0.2) is 17.4 Å². The summed E-state index contributed by atoms with van der Waals surface area (Å²) in [5, 5.41) is 5.84. The summed E-state index contributed by atoms with van der Waals surface area (Å²) in [4.78, 5) is 25.4. The van der Waals surface area contributed by atoms with Crippen LogP contribution in [0.4, 0.5) is 10.1 Å². The van der Waals surface area contributed by atoms with Gasteiger partial charge in [0.15, 0.2) is 0 Å². The van der Waals surface area contributed by atoms with Crippen molar-refractivity contribution >= 4 is 33.5 Å². The first kappa shape index (κ1) is 18.4. The maximum Gasteiger partial charge on any atom is 0.341 e. The lowest BCUT2D eigenvalue weighted by molar-refractivity contribution is -0.139. The number of benzene rings is 2. The molecule has 1 heterocycles. The van der Waals surface area contributed by atoms with Crippen LogP contribution in [0, 0.1) is 5.82 Å². The monoisotopic (exact) mass is 420 g/mol. The number of ether oxygens (including phenoxy) is 1. The van der Waals surface area contributed by atoms with Crippen molar-refractivity contribution in [1.29, 1.82) is 0 Å². The van der Waals surface area contributed by atoms with Crippen LogP contribution < -0.4 is 10.6 Å². The number of amides is 1. The molecule has 1 unspecified atom stereocenters. The molecule has 2 aromatic rings. The molecule has 136 valence electrons. The van der Waals surface area contributed by atoms with Crippen LogP contribution in [0.15, 0.2) is 46.9 Å². The highest BCUT2D eigenvalue weighted by molar-refractivity contribution is 9.10. The number of halogens is 2. The van der Waals surface area contributed by atoms with E-state index in [4.69, 9.17) is 4.74 Å². The Morgan fingerprint density at radius 1 is 1.15 bits per heavy atom. The van der Waals surface area contributed by atoms with E-state index in [0.717, 1.165) is 10.5 Å². The summed E-state index contributed by atoms with van der Waals surface area (Å²) in [5.41, 5.74) is -1.46. The zero-order valence-electron chi connectivity index (χ0n) is 14.5. The van der Waals surface area contributed by atoms with Gasteiger partial charge < -0.3 is 15.4 Å². The Kier molecular flexibility index (Phi) is 4.52. The van der Waals surface area contributed by atoms with Crippen molar-refractivity contribution in [3.63, 3.8) is 0 Å². The van der Waals surface area contributed by atoms with E-state index in [-0.39, 0.29) is 11.1 Å². The number of hydrogen-bond donors (Lipinski definition) is 2. The molecule has 0 radical (unpaired) electrons. The molecule has 2 aromatic carbocycles. The van der Waals surface area contributed by atoms with E-state index < -0.39 is 29.0 Å². The summed E-state index contributed by atoms with van der Waals surface area (Å²) in [6.07, 6.45) is 0. The van der Waals surface area contributed by atoms with Crippen LogP contribution in [0.25, 0.3) is 0 Å². The molecule has 5 nitrogen and oxygen atoms in total. The number of rotatable bonds is 3. The van der Waals surface area contributed by atoms with E-state index in [9.17, 15) is 14.0 Å². The van der Waals surface area contributed by atoms with Crippen molar-refractivity contribution in [3.05, 3.63) is 63.9 Å². The number of cyclic esters (lactones) is 1. The molecule has 1 amide bonds. The molecule has 0 bridgehead atoms. The van der Waals surface area contributed by atoms with Gasteiger partial charge in [0.2, 0.25) is 0 Å². The first-order valence-corrected chi connectivity index (χ1v) is 8.80. The third-order valence-electron chi connectivity index (χ3n) is 3.80. The Morgan fingerprint density at radius 3 is 2.42 bits per heavy atom. The van der Waals surface area contributed by atoms with E-state index in [2.05, 4.69) is 26.6 Å². The van der Waals surface area contributed by atoms with Crippen molar-refractivity contribution in [2.45, 2.75) is 32.0 Å². The first-order valence-electron chi connectivity index (χ1n) is 8.00. The molecule has 0 saturated heterocycles. The highest BCUT2D eigenvalue weighted by atomic mass is 79.9. The molecule has 0 aliphatic carbocycles. The lowest BCUT2D eigenvalue weighted by Gasteiger charge is -2.33. The van der Waals surface area contributed by atoms with Gasteiger partial charge in [-0.15, -0.1) is 0 Å². The summed E-state index contributed by atoms with van der Waals surface area (Å²) >= 11 is 3.35. The minimum absolute atomic E-state index is 0.0265. The fourth-order valence-corrected chi connectivity index (χ4v) is 2.99. The average molecular weight is 421 g/mol. The Balaban J connectivity index is 2.11. The summed E-state index contributed by atoms with van der Waals surface area (Å²) in [6.45, 7) is 5.46. The van der Waals surface area contributed by atoms with Crippen molar-refractivity contribution in [2.75, 3.05) is 5.32 Å². The van der Waals surface area contributed by atoms with Crippen molar-refractivity contribution in [1.82, 2.24) is 5.32 Å². The Bertz CT molecular complexity index is 877. The third kappa shape index (κ3) is 3.44. The zero-order valence-corrected chi connectivity index (χ0v) is 16.1. The van der Waals surface area contributed by atoms with E-state index in [1.54, 1.807) is 24.3 Å². The van der Waals surface area contributed by atoms with Gasteiger partial charge in [0.05, 0.1) is 5.56 Å². The molecule has 2 N–H and O–H groups in total. The van der Waals surface area contributed by atoms with Gasteiger partial charge >= 0.3 is 5.97 Å². The number of carbonyl (C=O) groups is 2. The van der Waals surface area contributed by atoms with Gasteiger partial charge in [-0.3, -0.25) is 4.79 Å². The topological polar surface area (TPSA) is 67.4 Å². The summed E-state index contributed by atoms with van der Waals surface area (Å²) in [6, 6.07) is 10.7. The minimum atomic E-state index is -1.78. The molecular weight excluding hydrogens is 403 g/mol. The lowest BCUT2D eigenvalue weighted by atomic mass is 9.96. The van der Waals surface area contributed by atoms with Crippen LogP contribution >= 0.6 is 15.9 Å². The molecule has 0 fully saturated rings. The molecule has 1 aliphatic heterocycles. The highest BCUT2D eigenvalue weighted by Gasteiger charge is 2.53. The number of anilines is 1. The SMILES string of the molecule is CC(C)(C)NC(=O)C1(Nc2ccc(Br)cc2)OC(=O)c2cc(F)ccc21. The molecule has 7 heteroatoms. The van der Waals surface area contributed by atoms with Crippen LogP contribution in [0.2, 0.25) is 0 Å².